The Morgan fingerprint density at radius 1 is 1.05 bits per heavy atom. The van der Waals surface area contributed by atoms with Crippen molar-refractivity contribution in [2.24, 2.45) is 5.73 Å². The van der Waals surface area contributed by atoms with Gasteiger partial charge >= 0.3 is 0 Å². The first kappa shape index (κ1) is 14.3. The Morgan fingerprint density at radius 3 is 2.57 bits per heavy atom. The van der Waals surface area contributed by atoms with E-state index in [1.54, 1.807) is 18.2 Å². The van der Waals surface area contributed by atoms with E-state index in [4.69, 9.17) is 5.73 Å². The number of rotatable bonds is 3. The quantitative estimate of drug-likeness (QED) is 0.760. The highest BCUT2D eigenvalue weighted by Gasteiger charge is 2.17. The summed E-state index contributed by atoms with van der Waals surface area (Å²) in [4.78, 5) is 0. The van der Waals surface area contributed by atoms with Crippen molar-refractivity contribution in [1.82, 2.24) is 10.2 Å². The Morgan fingerprint density at radius 2 is 1.81 bits per heavy atom. The van der Waals surface area contributed by atoms with Gasteiger partial charge in [-0.1, -0.05) is 47.7 Å². The van der Waals surface area contributed by atoms with Gasteiger partial charge in [0.1, 0.15) is 10.8 Å². The van der Waals surface area contributed by atoms with Gasteiger partial charge in [0, 0.05) is 5.56 Å². The van der Waals surface area contributed by atoms with Gasteiger partial charge in [-0.3, -0.25) is 0 Å². The van der Waals surface area contributed by atoms with Gasteiger partial charge < -0.3 is 5.73 Å². The van der Waals surface area contributed by atoms with E-state index >= 15 is 0 Å². The zero-order valence-corrected chi connectivity index (χ0v) is 13.2. The van der Waals surface area contributed by atoms with E-state index in [2.05, 4.69) is 26.1 Å². The van der Waals surface area contributed by atoms with Crippen molar-refractivity contribution in [2.75, 3.05) is 0 Å². The maximum Gasteiger partial charge on any atom is 0.150 e. The van der Waals surface area contributed by atoms with Gasteiger partial charge in [-0.25, -0.2) is 4.39 Å². The molecule has 3 rings (SSSR count). The van der Waals surface area contributed by atoms with E-state index in [1.807, 2.05) is 30.3 Å². The van der Waals surface area contributed by atoms with Crippen molar-refractivity contribution in [3.05, 3.63) is 69.4 Å². The van der Waals surface area contributed by atoms with Crippen LogP contribution in [0.25, 0.3) is 10.6 Å². The Kier molecular flexibility index (Phi) is 4.10. The first-order chi connectivity index (χ1) is 10.2. The minimum absolute atomic E-state index is 0.339. The Labute approximate surface area is 133 Å². The van der Waals surface area contributed by atoms with Crippen molar-refractivity contribution in [2.45, 2.75) is 6.04 Å². The van der Waals surface area contributed by atoms with Gasteiger partial charge in [-0.15, -0.1) is 10.2 Å². The van der Waals surface area contributed by atoms with Crippen LogP contribution >= 0.6 is 27.3 Å². The number of nitrogens with zero attached hydrogens (tertiary/aromatic N) is 2. The molecule has 3 nitrogen and oxygen atoms in total. The topological polar surface area (TPSA) is 51.8 Å². The number of benzene rings is 2. The lowest BCUT2D eigenvalue weighted by Gasteiger charge is -2.07. The highest BCUT2D eigenvalue weighted by atomic mass is 79.9. The van der Waals surface area contributed by atoms with Gasteiger partial charge in [0.05, 0.1) is 10.5 Å². The molecule has 2 aromatic carbocycles. The largest absolute Gasteiger partial charge is 0.318 e. The summed E-state index contributed by atoms with van der Waals surface area (Å²) >= 11 is 4.48. The van der Waals surface area contributed by atoms with Crippen molar-refractivity contribution in [3.63, 3.8) is 0 Å². The molecular weight excluding hydrogens is 353 g/mol. The van der Waals surface area contributed by atoms with Crippen LogP contribution in [0.3, 0.4) is 0 Å². The molecule has 0 aliphatic rings. The maximum atomic E-state index is 14.1. The average molecular weight is 364 g/mol. The molecular formula is C15H11BrFN3S. The van der Waals surface area contributed by atoms with Gasteiger partial charge in [0.25, 0.3) is 0 Å². The first-order valence-electron chi connectivity index (χ1n) is 6.25. The van der Waals surface area contributed by atoms with Crippen molar-refractivity contribution in [3.8, 4) is 10.6 Å². The van der Waals surface area contributed by atoms with Crippen LogP contribution in [-0.4, -0.2) is 10.2 Å². The Hall–Kier alpha value is -1.63. The van der Waals surface area contributed by atoms with Crippen molar-refractivity contribution in [1.29, 1.82) is 0 Å². The molecule has 0 saturated heterocycles. The molecule has 0 aliphatic carbocycles. The fraction of sp³-hybridized carbons (Fsp3) is 0.0667. The molecule has 1 heterocycles. The number of halogens is 2. The average Bonchev–Trinajstić information content (AvgIpc) is 3.00. The third kappa shape index (κ3) is 2.88. The van der Waals surface area contributed by atoms with Crippen LogP contribution < -0.4 is 5.73 Å². The normalized spacial score (nSPS) is 12.3. The lowest BCUT2D eigenvalue weighted by Crippen LogP contribution is -2.11. The third-order valence-electron chi connectivity index (χ3n) is 3.05. The lowest BCUT2D eigenvalue weighted by molar-refractivity contribution is 0.624. The predicted molar refractivity (Wildman–Crippen MR) is 85.5 cm³/mol. The SMILES string of the molecule is NC(c1ccccc1)c1nnc(-c2cccc(Br)c2F)s1. The first-order valence-corrected chi connectivity index (χ1v) is 7.86. The van der Waals surface area contributed by atoms with Gasteiger partial charge in [-0.2, -0.15) is 0 Å². The van der Waals surface area contributed by atoms with E-state index in [-0.39, 0.29) is 11.9 Å². The Bertz CT molecular complexity index is 761. The molecule has 1 aromatic heterocycles. The minimum Gasteiger partial charge on any atom is -0.318 e. The highest BCUT2D eigenvalue weighted by molar-refractivity contribution is 9.10. The second kappa shape index (κ2) is 6.01. The number of hydrogen-bond acceptors (Lipinski definition) is 4. The molecule has 21 heavy (non-hydrogen) atoms. The summed E-state index contributed by atoms with van der Waals surface area (Å²) in [6.45, 7) is 0. The Balaban J connectivity index is 1.95. The standard InChI is InChI=1S/C15H11BrFN3S/c16-11-8-4-7-10(12(11)17)14-19-20-15(21-14)13(18)9-5-2-1-3-6-9/h1-8,13H,18H2. The predicted octanol–water partition coefficient (Wildman–Crippen LogP) is 4.15. The number of hydrogen-bond donors (Lipinski definition) is 1. The summed E-state index contributed by atoms with van der Waals surface area (Å²) in [7, 11) is 0. The van der Waals surface area contributed by atoms with Crippen LogP contribution in [0.5, 0.6) is 0 Å². The molecule has 0 aliphatic heterocycles. The molecule has 1 unspecified atom stereocenters. The van der Waals surface area contributed by atoms with Crippen LogP contribution in [0.15, 0.2) is 53.0 Å². The minimum atomic E-state index is -0.354. The summed E-state index contributed by atoms with van der Waals surface area (Å²) in [5.41, 5.74) is 7.56. The summed E-state index contributed by atoms with van der Waals surface area (Å²) in [5.74, 6) is -0.339. The fourth-order valence-electron chi connectivity index (χ4n) is 1.94. The van der Waals surface area contributed by atoms with E-state index in [9.17, 15) is 4.39 Å². The zero-order chi connectivity index (χ0) is 14.8. The van der Waals surface area contributed by atoms with E-state index < -0.39 is 0 Å². The summed E-state index contributed by atoms with van der Waals surface area (Å²) in [6, 6.07) is 14.4. The van der Waals surface area contributed by atoms with E-state index in [0.29, 0.717) is 20.1 Å². The summed E-state index contributed by atoms with van der Waals surface area (Å²) in [6.07, 6.45) is 0. The monoisotopic (exact) mass is 363 g/mol. The van der Waals surface area contributed by atoms with Gasteiger partial charge in [0.2, 0.25) is 0 Å². The second-order valence-electron chi connectivity index (χ2n) is 4.44. The van der Waals surface area contributed by atoms with Gasteiger partial charge in [-0.05, 0) is 33.6 Å². The highest BCUT2D eigenvalue weighted by Crippen LogP contribution is 2.32. The van der Waals surface area contributed by atoms with Crippen LogP contribution in [0, 0.1) is 5.82 Å². The molecule has 0 saturated carbocycles. The van der Waals surface area contributed by atoms with E-state index in [0.717, 1.165) is 5.56 Å². The van der Waals surface area contributed by atoms with Crippen LogP contribution in [0.1, 0.15) is 16.6 Å². The molecule has 106 valence electrons. The molecule has 0 bridgehead atoms. The molecule has 2 N–H and O–H groups in total. The van der Waals surface area contributed by atoms with Gasteiger partial charge in [0.15, 0.2) is 5.01 Å². The molecule has 0 fully saturated rings. The summed E-state index contributed by atoms with van der Waals surface area (Å²) < 4.78 is 14.5. The molecule has 0 spiro atoms. The molecule has 6 heteroatoms. The van der Waals surface area contributed by atoms with Crippen molar-refractivity contribution < 1.29 is 4.39 Å². The number of nitrogens with two attached hydrogens (primary N) is 1. The maximum absolute atomic E-state index is 14.1. The molecule has 3 aromatic rings. The van der Waals surface area contributed by atoms with Crippen molar-refractivity contribution >= 4 is 27.3 Å². The number of aromatic nitrogens is 2. The molecule has 0 radical (unpaired) electrons. The zero-order valence-electron chi connectivity index (χ0n) is 10.8. The fourth-order valence-corrected chi connectivity index (χ4v) is 3.20. The van der Waals surface area contributed by atoms with Crippen LogP contribution in [-0.2, 0) is 0 Å². The smallest absolute Gasteiger partial charge is 0.150 e. The molecule has 0 amide bonds. The molecule has 1 atom stereocenters. The second-order valence-corrected chi connectivity index (χ2v) is 6.30. The third-order valence-corrected chi connectivity index (χ3v) is 4.70. The van der Waals surface area contributed by atoms with E-state index in [1.165, 1.54) is 11.3 Å². The lowest BCUT2D eigenvalue weighted by atomic mass is 10.1. The summed E-state index contributed by atoms with van der Waals surface area (Å²) in [5, 5.41) is 9.35. The van der Waals surface area contributed by atoms with Crippen LogP contribution in [0.2, 0.25) is 0 Å². The van der Waals surface area contributed by atoms with Crippen LogP contribution in [0.4, 0.5) is 4.39 Å².